The van der Waals surface area contributed by atoms with Gasteiger partial charge >= 0.3 is 12.0 Å². The summed E-state index contributed by atoms with van der Waals surface area (Å²) in [6.45, 7) is 11.8. The largest absolute Gasteiger partial charge is 0.478 e. The predicted octanol–water partition coefficient (Wildman–Crippen LogP) is 6.53. The standard InChI is InChI=1S/C32H39ClN4O4/c1-21-5-9-24(33)17-27(21)28-20-36(32(2,3)4)31(40)37(28)25-13-15-35(16-14-25)19-22-6-12-29(34-18-22)41-26-10-7-23(8-11-26)30(38)39/h6-12,17-18,21,25,28H,5,13-16,19-20H2,1-4H3,(H,38,39)/t21?,28-/m0/s1. The van der Waals surface area contributed by atoms with E-state index < -0.39 is 5.97 Å². The smallest absolute Gasteiger partial charge is 0.335 e. The molecule has 218 valence electrons. The second-order valence-corrected chi connectivity index (χ2v) is 12.7. The second kappa shape index (κ2) is 11.9. The first-order valence-electron chi connectivity index (χ1n) is 14.3. The number of allylic oxidation sites excluding steroid dienone is 3. The first-order chi connectivity index (χ1) is 19.5. The van der Waals surface area contributed by atoms with Crippen LogP contribution in [0.4, 0.5) is 4.79 Å². The maximum absolute atomic E-state index is 13.8. The van der Waals surface area contributed by atoms with Gasteiger partial charge in [-0.2, -0.15) is 0 Å². The summed E-state index contributed by atoms with van der Waals surface area (Å²) in [5, 5.41) is 9.82. The van der Waals surface area contributed by atoms with Crippen molar-refractivity contribution in [3.63, 3.8) is 0 Å². The van der Waals surface area contributed by atoms with Gasteiger partial charge in [-0.15, -0.1) is 0 Å². The molecule has 41 heavy (non-hydrogen) atoms. The summed E-state index contributed by atoms with van der Waals surface area (Å²) >= 11 is 6.44. The number of carboxylic acids is 1. The number of aromatic carboxylic acids is 1. The summed E-state index contributed by atoms with van der Waals surface area (Å²) in [4.78, 5) is 35.9. The Morgan fingerprint density at radius 3 is 2.44 bits per heavy atom. The normalized spacial score (nSPS) is 22.5. The molecule has 0 bridgehead atoms. The lowest BCUT2D eigenvalue weighted by atomic mass is 9.86. The highest BCUT2D eigenvalue weighted by atomic mass is 35.5. The predicted molar refractivity (Wildman–Crippen MR) is 159 cm³/mol. The Labute approximate surface area is 247 Å². The Balaban J connectivity index is 1.21. The highest BCUT2D eigenvalue weighted by molar-refractivity contribution is 6.31. The molecule has 0 saturated carbocycles. The van der Waals surface area contributed by atoms with Crippen molar-refractivity contribution in [1.82, 2.24) is 19.7 Å². The summed E-state index contributed by atoms with van der Waals surface area (Å²) in [6.07, 6.45) is 8.74. The number of aromatic nitrogens is 1. The monoisotopic (exact) mass is 578 g/mol. The molecule has 2 saturated heterocycles. The number of rotatable bonds is 7. The molecule has 2 amide bonds. The number of hydrogen-bond acceptors (Lipinski definition) is 5. The number of benzene rings is 1. The minimum atomic E-state index is -0.972. The molecule has 1 unspecified atom stereocenters. The van der Waals surface area contributed by atoms with E-state index in [1.165, 1.54) is 17.7 Å². The number of carboxylic acid groups (broad SMARTS) is 1. The minimum absolute atomic E-state index is 0.0489. The van der Waals surface area contributed by atoms with E-state index in [0.717, 1.165) is 49.5 Å². The number of hydrogen-bond donors (Lipinski definition) is 1. The maximum atomic E-state index is 13.8. The first-order valence-corrected chi connectivity index (χ1v) is 14.7. The molecule has 2 atom stereocenters. The lowest BCUT2D eigenvalue weighted by Gasteiger charge is -2.40. The van der Waals surface area contributed by atoms with E-state index in [2.05, 4.69) is 54.6 Å². The Kier molecular flexibility index (Phi) is 8.43. The van der Waals surface area contributed by atoms with Crippen LogP contribution in [0, 0.1) is 5.92 Å². The second-order valence-electron chi connectivity index (χ2n) is 12.3. The average Bonchev–Trinajstić information content (AvgIpc) is 3.29. The number of halogens is 1. The molecule has 2 fully saturated rings. The molecule has 0 radical (unpaired) electrons. The van der Waals surface area contributed by atoms with E-state index in [9.17, 15) is 9.59 Å². The number of carbonyl (C=O) groups excluding carboxylic acids is 1. The van der Waals surface area contributed by atoms with Crippen molar-refractivity contribution in [3.05, 3.63) is 76.5 Å². The molecular weight excluding hydrogens is 540 g/mol. The van der Waals surface area contributed by atoms with Gasteiger partial charge in [-0.05, 0) is 87.4 Å². The van der Waals surface area contributed by atoms with Gasteiger partial charge in [0.05, 0.1) is 11.6 Å². The molecule has 1 aromatic carbocycles. The third-order valence-electron chi connectivity index (χ3n) is 8.36. The van der Waals surface area contributed by atoms with Crippen LogP contribution < -0.4 is 4.74 Å². The van der Waals surface area contributed by atoms with E-state index in [-0.39, 0.29) is 29.2 Å². The summed E-state index contributed by atoms with van der Waals surface area (Å²) in [6, 6.07) is 10.5. The lowest BCUT2D eigenvalue weighted by molar-refractivity contribution is 0.0696. The fourth-order valence-corrected chi connectivity index (χ4v) is 6.24. The van der Waals surface area contributed by atoms with Gasteiger partial charge in [-0.3, -0.25) is 4.90 Å². The lowest BCUT2D eigenvalue weighted by Crippen LogP contribution is -2.51. The van der Waals surface area contributed by atoms with E-state index in [4.69, 9.17) is 21.4 Å². The van der Waals surface area contributed by atoms with Crippen LogP contribution in [0.3, 0.4) is 0 Å². The molecule has 2 aliphatic heterocycles. The Morgan fingerprint density at radius 1 is 1.12 bits per heavy atom. The van der Waals surface area contributed by atoms with Crippen molar-refractivity contribution in [2.75, 3.05) is 19.6 Å². The molecule has 9 heteroatoms. The van der Waals surface area contributed by atoms with Crippen LogP contribution in [-0.2, 0) is 6.54 Å². The molecule has 5 rings (SSSR count). The Bertz CT molecular complexity index is 1320. The van der Waals surface area contributed by atoms with Gasteiger partial charge in [0.1, 0.15) is 5.75 Å². The minimum Gasteiger partial charge on any atom is -0.478 e. The van der Waals surface area contributed by atoms with Crippen molar-refractivity contribution in [1.29, 1.82) is 0 Å². The van der Waals surface area contributed by atoms with Gasteiger partial charge in [-0.25, -0.2) is 14.6 Å². The SMILES string of the molecule is CC1CC=C(Cl)C=C1[C@@H]1CN(C(C)(C)C)C(=O)N1C1CCN(Cc2ccc(Oc3ccc(C(=O)O)cc3)nc2)CC1. The highest BCUT2D eigenvalue weighted by Crippen LogP contribution is 2.38. The number of likely N-dealkylation sites (tertiary alicyclic amines) is 1. The first kappa shape index (κ1) is 29.1. The van der Waals surface area contributed by atoms with Crippen LogP contribution >= 0.6 is 11.6 Å². The molecule has 1 N–H and O–H groups in total. The third-order valence-corrected chi connectivity index (χ3v) is 8.62. The van der Waals surface area contributed by atoms with Crippen LogP contribution in [0.2, 0.25) is 0 Å². The molecule has 3 heterocycles. The molecule has 1 aromatic heterocycles. The molecule has 1 aliphatic carbocycles. The van der Waals surface area contributed by atoms with Crippen LogP contribution in [0.25, 0.3) is 0 Å². The topological polar surface area (TPSA) is 86.2 Å². The van der Waals surface area contributed by atoms with E-state index in [0.29, 0.717) is 24.1 Å². The van der Waals surface area contributed by atoms with Gasteiger partial charge in [0, 0.05) is 55.1 Å². The molecular formula is C32H39ClN4O4. The van der Waals surface area contributed by atoms with Crippen LogP contribution in [-0.4, -0.2) is 74.0 Å². The summed E-state index contributed by atoms with van der Waals surface area (Å²) < 4.78 is 5.77. The number of amides is 2. The van der Waals surface area contributed by atoms with Crippen LogP contribution in [0.5, 0.6) is 11.6 Å². The van der Waals surface area contributed by atoms with Gasteiger partial charge < -0.3 is 19.6 Å². The number of nitrogens with zero attached hydrogens (tertiary/aromatic N) is 4. The fraction of sp³-hybridized carbons (Fsp3) is 0.469. The fourth-order valence-electron chi connectivity index (χ4n) is 6.02. The molecule has 3 aliphatic rings. The summed E-state index contributed by atoms with van der Waals surface area (Å²) in [7, 11) is 0. The van der Waals surface area contributed by atoms with Gasteiger partial charge in [0.25, 0.3) is 0 Å². The summed E-state index contributed by atoms with van der Waals surface area (Å²) in [5.41, 5.74) is 2.33. The zero-order valence-electron chi connectivity index (χ0n) is 24.2. The Hall–Kier alpha value is -3.36. The zero-order valence-corrected chi connectivity index (χ0v) is 25.0. The van der Waals surface area contributed by atoms with Crippen molar-refractivity contribution in [3.8, 4) is 11.6 Å². The van der Waals surface area contributed by atoms with Crippen molar-refractivity contribution < 1.29 is 19.4 Å². The van der Waals surface area contributed by atoms with Crippen LogP contribution in [0.15, 0.2) is 65.4 Å². The summed E-state index contributed by atoms with van der Waals surface area (Å²) in [5.74, 6) is 0.384. The van der Waals surface area contributed by atoms with Crippen LogP contribution in [0.1, 0.15) is 62.9 Å². The molecule has 8 nitrogen and oxygen atoms in total. The van der Waals surface area contributed by atoms with Gasteiger partial charge in [-0.1, -0.05) is 30.7 Å². The number of urea groups is 1. The maximum Gasteiger partial charge on any atom is 0.335 e. The van der Waals surface area contributed by atoms with Gasteiger partial charge in [0.2, 0.25) is 5.88 Å². The van der Waals surface area contributed by atoms with E-state index in [1.54, 1.807) is 12.1 Å². The van der Waals surface area contributed by atoms with Crippen molar-refractivity contribution in [2.45, 2.75) is 71.1 Å². The van der Waals surface area contributed by atoms with Crippen molar-refractivity contribution >= 4 is 23.6 Å². The van der Waals surface area contributed by atoms with E-state index >= 15 is 0 Å². The number of carbonyl (C=O) groups is 2. The van der Waals surface area contributed by atoms with Gasteiger partial charge in [0.15, 0.2) is 0 Å². The number of pyridine rings is 1. The quantitative estimate of drug-likeness (QED) is 0.402. The molecule has 2 aromatic rings. The number of ether oxygens (including phenoxy) is 1. The third kappa shape index (κ3) is 6.60. The highest BCUT2D eigenvalue weighted by Gasteiger charge is 2.47. The number of piperidine rings is 1. The van der Waals surface area contributed by atoms with E-state index in [1.807, 2.05) is 23.2 Å². The average molecular weight is 579 g/mol. The van der Waals surface area contributed by atoms with Crippen molar-refractivity contribution in [2.24, 2.45) is 5.92 Å². The zero-order chi connectivity index (χ0) is 29.3. The Morgan fingerprint density at radius 2 is 1.83 bits per heavy atom. The molecule has 0 spiro atoms.